The lowest BCUT2D eigenvalue weighted by atomic mass is 10.0. The van der Waals surface area contributed by atoms with Crippen molar-refractivity contribution >= 4 is 35.3 Å². The van der Waals surface area contributed by atoms with Gasteiger partial charge in [0.25, 0.3) is 11.8 Å². The Morgan fingerprint density at radius 3 is 2.10 bits per heavy atom. The second-order valence-corrected chi connectivity index (χ2v) is 7.99. The highest BCUT2D eigenvalue weighted by atomic mass is 16.2. The molecule has 2 aliphatic rings. The number of rotatable bonds is 3. The Balaban J connectivity index is 1.67. The van der Waals surface area contributed by atoms with Crippen LogP contribution in [0, 0.1) is 20.8 Å². The van der Waals surface area contributed by atoms with Crippen LogP contribution in [0.15, 0.2) is 42.0 Å². The van der Waals surface area contributed by atoms with Crippen LogP contribution in [0.4, 0.5) is 16.2 Å². The number of carbonyl (C=O) groups excluding carboxylic acids is 3. The fourth-order valence-corrected chi connectivity index (χ4v) is 4.31. The molecule has 0 aromatic heterocycles. The summed E-state index contributed by atoms with van der Waals surface area (Å²) in [6, 6.07) is 10.9. The number of hydrogen-bond donors (Lipinski definition) is 1. The summed E-state index contributed by atoms with van der Waals surface area (Å²) < 4.78 is 0. The van der Waals surface area contributed by atoms with Gasteiger partial charge in [0.05, 0.1) is 5.69 Å². The van der Waals surface area contributed by atoms with Crippen LogP contribution in [0.1, 0.15) is 35.1 Å². The number of imide groups is 2. The zero-order valence-electron chi connectivity index (χ0n) is 17.5. The Morgan fingerprint density at radius 2 is 1.50 bits per heavy atom. The summed E-state index contributed by atoms with van der Waals surface area (Å²) in [4.78, 5) is 41.5. The minimum Gasteiger partial charge on any atom is -0.372 e. The fraction of sp³-hybridized carbons (Fsp3) is 0.292. The highest BCUT2D eigenvalue weighted by Crippen LogP contribution is 2.30. The molecular weight excluding hydrogens is 378 g/mol. The lowest BCUT2D eigenvalue weighted by Gasteiger charge is -2.29. The summed E-state index contributed by atoms with van der Waals surface area (Å²) in [6.45, 7) is 7.77. The van der Waals surface area contributed by atoms with E-state index in [2.05, 4.69) is 10.2 Å². The van der Waals surface area contributed by atoms with Crippen LogP contribution < -0.4 is 15.1 Å². The van der Waals surface area contributed by atoms with Crippen molar-refractivity contribution in [3.63, 3.8) is 0 Å². The van der Waals surface area contributed by atoms with Crippen LogP contribution in [0.3, 0.4) is 0 Å². The van der Waals surface area contributed by atoms with Gasteiger partial charge in [-0.1, -0.05) is 29.8 Å². The molecule has 2 saturated heterocycles. The molecular formula is C24H25N3O3. The van der Waals surface area contributed by atoms with Crippen molar-refractivity contribution < 1.29 is 14.4 Å². The Labute approximate surface area is 176 Å². The zero-order chi connectivity index (χ0) is 21.4. The molecule has 0 unspecified atom stereocenters. The molecule has 154 valence electrons. The number of hydrogen-bond acceptors (Lipinski definition) is 4. The largest absolute Gasteiger partial charge is 0.372 e. The van der Waals surface area contributed by atoms with E-state index < -0.39 is 17.8 Å². The average Bonchev–Trinajstić information content (AvgIpc) is 3.22. The minimum atomic E-state index is -0.721. The van der Waals surface area contributed by atoms with Crippen molar-refractivity contribution in [3.8, 4) is 0 Å². The van der Waals surface area contributed by atoms with Gasteiger partial charge in [-0.25, -0.2) is 9.69 Å². The number of barbiturate groups is 1. The summed E-state index contributed by atoms with van der Waals surface area (Å²) in [7, 11) is 0. The lowest BCUT2D eigenvalue weighted by Crippen LogP contribution is -2.54. The van der Waals surface area contributed by atoms with Crippen LogP contribution in [0.25, 0.3) is 6.08 Å². The van der Waals surface area contributed by atoms with Crippen LogP contribution >= 0.6 is 0 Å². The molecule has 6 heteroatoms. The van der Waals surface area contributed by atoms with Gasteiger partial charge in [-0.3, -0.25) is 14.9 Å². The number of nitrogens with zero attached hydrogens (tertiary/aromatic N) is 2. The Morgan fingerprint density at radius 1 is 0.900 bits per heavy atom. The van der Waals surface area contributed by atoms with Gasteiger partial charge in [0, 0.05) is 18.8 Å². The number of nitrogens with one attached hydrogen (secondary N) is 1. The number of benzene rings is 2. The van der Waals surface area contributed by atoms with Gasteiger partial charge in [0.2, 0.25) is 0 Å². The van der Waals surface area contributed by atoms with Crippen molar-refractivity contribution in [2.24, 2.45) is 0 Å². The monoisotopic (exact) mass is 403 g/mol. The third-order valence-corrected chi connectivity index (χ3v) is 5.64. The first-order valence-electron chi connectivity index (χ1n) is 10.2. The second-order valence-electron chi connectivity index (χ2n) is 7.99. The summed E-state index contributed by atoms with van der Waals surface area (Å²) in [5, 5.41) is 2.30. The first-order chi connectivity index (χ1) is 14.3. The van der Waals surface area contributed by atoms with Crippen LogP contribution in [-0.4, -0.2) is 30.9 Å². The Hall–Kier alpha value is -3.41. The van der Waals surface area contributed by atoms with Crippen LogP contribution in [0.2, 0.25) is 0 Å². The summed E-state index contributed by atoms with van der Waals surface area (Å²) in [5.41, 5.74) is 5.00. The van der Waals surface area contributed by atoms with Gasteiger partial charge in [-0.05, 0) is 68.5 Å². The first kappa shape index (κ1) is 19.9. The number of anilines is 2. The van der Waals surface area contributed by atoms with Crippen LogP contribution in [-0.2, 0) is 9.59 Å². The third-order valence-electron chi connectivity index (χ3n) is 5.64. The van der Waals surface area contributed by atoms with E-state index in [1.807, 2.05) is 57.2 Å². The molecule has 0 radical (unpaired) electrons. The molecule has 0 bridgehead atoms. The van der Waals surface area contributed by atoms with E-state index >= 15 is 0 Å². The summed E-state index contributed by atoms with van der Waals surface area (Å²) in [5.74, 6) is -1.28. The molecule has 0 aliphatic carbocycles. The maximum atomic E-state index is 13.2. The molecule has 2 aromatic rings. The van der Waals surface area contributed by atoms with Crippen molar-refractivity contribution in [1.29, 1.82) is 0 Å². The number of urea groups is 1. The van der Waals surface area contributed by atoms with E-state index in [0.29, 0.717) is 5.69 Å². The molecule has 2 heterocycles. The molecule has 0 atom stereocenters. The normalized spacial score (nSPS) is 18.4. The highest BCUT2D eigenvalue weighted by Gasteiger charge is 2.38. The van der Waals surface area contributed by atoms with E-state index in [0.717, 1.165) is 45.9 Å². The van der Waals surface area contributed by atoms with Crippen molar-refractivity contribution in [1.82, 2.24) is 5.32 Å². The molecule has 30 heavy (non-hydrogen) atoms. The number of aryl methyl sites for hydroxylation is 3. The molecule has 0 spiro atoms. The van der Waals surface area contributed by atoms with Gasteiger partial charge >= 0.3 is 6.03 Å². The maximum Gasteiger partial charge on any atom is 0.335 e. The minimum absolute atomic E-state index is 0.0529. The molecule has 4 amide bonds. The number of carbonyl (C=O) groups is 3. The Bertz CT molecular complexity index is 1040. The third kappa shape index (κ3) is 3.61. The molecule has 1 N–H and O–H groups in total. The molecule has 2 aliphatic heterocycles. The van der Waals surface area contributed by atoms with Crippen molar-refractivity contribution in [2.75, 3.05) is 22.9 Å². The quantitative estimate of drug-likeness (QED) is 0.624. The molecule has 4 rings (SSSR count). The maximum absolute atomic E-state index is 13.2. The highest BCUT2D eigenvalue weighted by molar-refractivity contribution is 6.39. The van der Waals surface area contributed by atoms with Gasteiger partial charge in [0.15, 0.2) is 0 Å². The van der Waals surface area contributed by atoms with Gasteiger partial charge < -0.3 is 4.90 Å². The van der Waals surface area contributed by atoms with E-state index in [1.54, 1.807) is 6.08 Å². The van der Waals surface area contributed by atoms with Gasteiger partial charge in [-0.2, -0.15) is 0 Å². The fourth-order valence-electron chi connectivity index (χ4n) is 4.31. The predicted octanol–water partition coefficient (Wildman–Crippen LogP) is 3.88. The average molecular weight is 403 g/mol. The van der Waals surface area contributed by atoms with E-state index in [1.165, 1.54) is 12.8 Å². The van der Waals surface area contributed by atoms with E-state index in [4.69, 9.17) is 0 Å². The smallest absolute Gasteiger partial charge is 0.335 e. The first-order valence-corrected chi connectivity index (χ1v) is 10.2. The molecule has 0 saturated carbocycles. The topological polar surface area (TPSA) is 69.7 Å². The van der Waals surface area contributed by atoms with Gasteiger partial charge in [-0.15, -0.1) is 0 Å². The second kappa shape index (κ2) is 7.78. The van der Waals surface area contributed by atoms with Crippen LogP contribution in [0.5, 0.6) is 0 Å². The molecule has 6 nitrogen and oxygen atoms in total. The van der Waals surface area contributed by atoms with Gasteiger partial charge in [0.1, 0.15) is 5.57 Å². The predicted molar refractivity (Wildman–Crippen MR) is 118 cm³/mol. The standard InChI is InChI=1S/C24H25N3O3/c1-15-12-16(2)21(17(3)13-15)27-23(29)20(22(28)25-24(27)30)14-18-6-8-19(9-7-18)26-10-4-5-11-26/h6-9,12-14H,4-5,10-11H2,1-3H3,(H,25,28,30)/b20-14+. The van der Waals surface area contributed by atoms with E-state index in [9.17, 15) is 14.4 Å². The Kier molecular flexibility index (Phi) is 5.16. The van der Waals surface area contributed by atoms with Crippen molar-refractivity contribution in [3.05, 3.63) is 64.2 Å². The molecule has 2 aromatic carbocycles. The SMILES string of the molecule is Cc1cc(C)c(N2C(=O)NC(=O)/C(=C\c3ccc(N4CCCC4)cc3)C2=O)c(C)c1. The van der Waals surface area contributed by atoms with E-state index in [-0.39, 0.29) is 5.57 Å². The number of amides is 4. The lowest BCUT2D eigenvalue weighted by molar-refractivity contribution is -0.122. The summed E-state index contributed by atoms with van der Waals surface area (Å²) >= 11 is 0. The zero-order valence-corrected chi connectivity index (χ0v) is 17.5. The molecule has 2 fully saturated rings. The summed E-state index contributed by atoms with van der Waals surface area (Å²) in [6.07, 6.45) is 3.94. The van der Waals surface area contributed by atoms with Crippen molar-refractivity contribution in [2.45, 2.75) is 33.6 Å².